The van der Waals surface area contributed by atoms with Gasteiger partial charge in [0.1, 0.15) is 11.5 Å². The monoisotopic (exact) mass is 367 g/mol. The molecule has 0 fully saturated rings. The van der Waals surface area contributed by atoms with Crippen LogP contribution in [0.1, 0.15) is 0 Å². The Balaban J connectivity index is 1.77. The highest BCUT2D eigenvalue weighted by Crippen LogP contribution is 2.37. The molecular weight excluding hydrogens is 357 g/mol. The topological polar surface area (TPSA) is 41.5 Å². The average molecular weight is 369 g/mol. The highest BCUT2D eigenvalue weighted by Gasteiger charge is 2.10. The number of nitrogens with one attached hydrogen (secondary N) is 1. The van der Waals surface area contributed by atoms with Gasteiger partial charge in [-0.2, -0.15) is 0 Å². The van der Waals surface area contributed by atoms with Crippen molar-refractivity contribution < 1.29 is 9.84 Å². The SMILES string of the molecule is Oc1c(NCOc2ccc(Cl)c(Cl)c2)cc(Cl)c2ccccc12. The van der Waals surface area contributed by atoms with Gasteiger partial charge in [-0.3, -0.25) is 0 Å². The summed E-state index contributed by atoms with van der Waals surface area (Å²) in [5, 5.41) is 16.2. The molecule has 0 saturated heterocycles. The molecule has 0 aromatic heterocycles. The van der Waals surface area contributed by atoms with Gasteiger partial charge in [0, 0.05) is 16.8 Å². The molecule has 23 heavy (non-hydrogen) atoms. The van der Waals surface area contributed by atoms with Crippen molar-refractivity contribution in [2.24, 2.45) is 0 Å². The van der Waals surface area contributed by atoms with Crippen LogP contribution >= 0.6 is 34.8 Å². The first-order valence-electron chi connectivity index (χ1n) is 6.78. The van der Waals surface area contributed by atoms with E-state index in [2.05, 4.69) is 5.32 Å². The molecule has 3 aromatic rings. The van der Waals surface area contributed by atoms with Gasteiger partial charge in [0.25, 0.3) is 0 Å². The molecule has 118 valence electrons. The van der Waals surface area contributed by atoms with Crippen molar-refractivity contribution in [3.05, 3.63) is 63.6 Å². The zero-order valence-electron chi connectivity index (χ0n) is 11.8. The molecule has 3 aromatic carbocycles. The molecule has 0 radical (unpaired) electrons. The van der Waals surface area contributed by atoms with Gasteiger partial charge in [-0.05, 0) is 18.2 Å². The molecule has 0 unspecified atom stereocenters. The minimum atomic E-state index is 0.128. The lowest BCUT2D eigenvalue weighted by Crippen LogP contribution is -2.09. The Morgan fingerprint density at radius 1 is 0.870 bits per heavy atom. The van der Waals surface area contributed by atoms with E-state index in [1.54, 1.807) is 24.3 Å². The Hall–Kier alpha value is -1.81. The summed E-state index contributed by atoms with van der Waals surface area (Å²) in [4.78, 5) is 0. The van der Waals surface area contributed by atoms with Crippen molar-refractivity contribution in [3.8, 4) is 11.5 Å². The van der Waals surface area contributed by atoms with Crippen LogP contribution in [0.5, 0.6) is 11.5 Å². The predicted molar refractivity (Wildman–Crippen MR) is 96.2 cm³/mol. The summed E-state index contributed by atoms with van der Waals surface area (Å²) in [5.74, 6) is 0.695. The molecule has 0 aliphatic carbocycles. The third kappa shape index (κ3) is 3.42. The van der Waals surface area contributed by atoms with Crippen molar-refractivity contribution >= 4 is 51.3 Å². The number of hydrogen-bond acceptors (Lipinski definition) is 3. The molecule has 3 rings (SSSR count). The van der Waals surface area contributed by atoms with Gasteiger partial charge in [-0.15, -0.1) is 0 Å². The van der Waals surface area contributed by atoms with E-state index in [0.29, 0.717) is 31.9 Å². The Morgan fingerprint density at radius 3 is 2.35 bits per heavy atom. The van der Waals surface area contributed by atoms with E-state index >= 15 is 0 Å². The number of aromatic hydroxyl groups is 1. The average Bonchev–Trinajstić information content (AvgIpc) is 2.55. The van der Waals surface area contributed by atoms with E-state index in [-0.39, 0.29) is 12.5 Å². The minimum absolute atomic E-state index is 0.128. The summed E-state index contributed by atoms with van der Waals surface area (Å²) >= 11 is 18.0. The van der Waals surface area contributed by atoms with Crippen molar-refractivity contribution in [3.63, 3.8) is 0 Å². The fourth-order valence-corrected chi connectivity index (χ4v) is 2.78. The van der Waals surface area contributed by atoms with Crippen LogP contribution in [-0.4, -0.2) is 11.8 Å². The molecule has 0 amide bonds. The number of halogens is 3. The molecule has 0 aliphatic heterocycles. The maximum atomic E-state index is 10.3. The van der Waals surface area contributed by atoms with Gasteiger partial charge < -0.3 is 15.2 Å². The molecular formula is C17H12Cl3NO2. The third-order valence-electron chi connectivity index (χ3n) is 3.36. The highest BCUT2D eigenvalue weighted by atomic mass is 35.5. The number of rotatable bonds is 4. The standard InChI is InChI=1S/C17H12Cl3NO2/c18-13-6-5-10(7-15(13)20)23-9-21-16-8-14(19)11-3-1-2-4-12(11)17(16)22/h1-8,21-22H,9H2. The highest BCUT2D eigenvalue weighted by molar-refractivity contribution is 6.42. The molecule has 6 heteroatoms. The van der Waals surface area contributed by atoms with Crippen LogP contribution in [0.25, 0.3) is 10.8 Å². The number of phenols is 1. The summed E-state index contributed by atoms with van der Waals surface area (Å²) in [6.07, 6.45) is 0. The van der Waals surface area contributed by atoms with Crippen LogP contribution in [0, 0.1) is 0 Å². The largest absolute Gasteiger partial charge is 0.505 e. The van der Waals surface area contributed by atoms with E-state index in [1.807, 2.05) is 24.3 Å². The van der Waals surface area contributed by atoms with Crippen LogP contribution in [0.3, 0.4) is 0 Å². The second-order valence-electron chi connectivity index (χ2n) is 4.84. The van der Waals surface area contributed by atoms with Crippen LogP contribution in [0.4, 0.5) is 5.69 Å². The number of anilines is 1. The van der Waals surface area contributed by atoms with Crippen LogP contribution in [0.15, 0.2) is 48.5 Å². The molecule has 2 N–H and O–H groups in total. The zero-order chi connectivity index (χ0) is 16.4. The second kappa shape index (κ2) is 6.75. The van der Waals surface area contributed by atoms with E-state index in [4.69, 9.17) is 39.5 Å². The lowest BCUT2D eigenvalue weighted by atomic mass is 10.1. The smallest absolute Gasteiger partial charge is 0.159 e. The molecule has 0 spiro atoms. The molecule has 0 saturated carbocycles. The van der Waals surface area contributed by atoms with Gasteiger partial charge >= 0.3 is 0 Å². The van der Waals surface area contributed by atoms with Gasteiger partial charge in [0.15, 0.2) is 6.73 Å². The number of hydrogen-bond donors (Lipinski definition) is 2. The van der Waals surface area contributed by atoms with Crippen LogP contribution < -0.4 is 10.1 Å². The van der Waals surface area contributed by atoms with Crippen LogP contribution in [0.2, 0.25) is 15.1 Å². The number of benzene rings is 3. The van der Waals surface area contributed by atoms with E-state index in [9.17, 15) is 5.11 Å². The second-order valence-corrected chi connectivity index (χ2v) is 6.06. The van der Waals surface area contributed by atoms with E-state index in [1.165, 1.54) is 0 Å². The van der Waals surface area contributed by atoms with Crippen molar-refractivity contribution in [1.82, 2.24) is 0 Å². The molecule has 0 aliphatic rings. The predicted octanol–water partition coefficient (Wildman–Crippen LogP) is 5.95. The first kappa shape index (κ1) is 16.1. The Labute approximate surface area is 148 Å². The first-order valence-corrected chi connectivity index (χ1v) is 7.91. The quantitative estimate of drug-likeness (QED) is 0.441. The van der Waals surface area contributed by atoms with Crippen molar-refractivity contribution in [1.29, 1.82) is 0 Å². The molecule has 0 atom stereocenters. The summed E-state index contributed by atoms with van der Waals surface area (Å²) in [6.45, 7) is 0.139. The molecule has 0 bridgehead atoms. The van der Waals surface area contributed by atoms with Gasteiger partial charge in [-0.1, -0.05) is 59.1 Å². The lowest BCUT2D eigenvalue weighted by molar-refractivity contribution is 0.346. The maximum absolute atomic E-state index is 10.3. The summed E-state index contributed by atoms with van der Waals surface area (Å²) in [7, 11) is 0. The van der Waals surface area contributed by atoms with E-state index < -0.39 is 0 Å². The molecule has 3 nitrogen and oxygen atoms in total. The van der Waals surface area contributed by atoms with Gasteiger partial charge in [-0.25, -0.2) is 0 Å². The van der Waals surface area contributed by atoms with Gasteiger partial charge in [0.2, 0.25) is 0 Å². The number of ether oxygens (including phenoxy) is 1. The normalized spacial score (nSPS) is 10.7. The molecule has 0 heterocycles. The first-order chi connectivity index (χ1) is 11.1. The zero-order valence-corrected chi connectivity index (χ0v) is 14.1. The number of fused-ring (bicyclic) bond motifs is 1. The third-order valence-corrected chi connectivity index (χ3v) is 4.41. The Morgan fingerprint density at radius 2 is 1.61 bits per heavy atom. The van der Waals surface area contributed by atoms with Gasteiger partial charge in [0.05, 0.1) is 20.8 Å². The Bertz CT molecular complexity index is 868. The number of phenolic OH excluding ortho intramolecular Hbond substituents is 1. The fourth-order valence-electron chi connectivity index (χ4n) is 2.21. The maximum Gasteiger partial charge on any atom is 0.159 e. The Kier molecular flexibility index (Phi) is 4.71. The fraction of sp³-hybridized carbons (Fsp3) is 0.0588. The lowest BCUT2D eigenvalue weighted by Gasteiger charge is -2.13. The summed E-state index contributed by atoms with van der Waals surface area (Å²) < 4.78 is 5.54. The minimum Gasteiger partial charge on any atom is -0.505 e. The summed E-state index contributed by atoms with van der Waals surface area (Å²) in [6, 6.07) is 14.0. The van der Waals surface area contributed by atoms with Crippen molar-refractivity contribution in [2.45, 2.75) is 0 Å². The van der Waals surface area contributed by atoms with E-state index in [0.717, 1.165) is 5.39 Å². The van der Waals surface area contributed by atoms with Crippen molar-refractivity contribution in [2.75, 3.05) is 12.0 Å². The summed E-state index contributed by atoms with van der Waals surface area (Å²) in [5.41, 5.74) is 0.494. The van der Waals surface area contributed by atoms with Crippen LogP contribution in [-0.2, 0) is 0 Å².